The maximum Gasteiger partial charge on any atom is 0.488 e. The smallest absolute Gasteiger partial charge is 0.411 e. The second kappa shape index (κ2) is 7.27. The van der Waals surface area contributed by atoms with E-state index in [9.17, 15) is 0 Å². The molecule has 0 N–H and O–H groups in total. The third kappa shape index (κ3) is 5.84. The summed E-state index contributed by atoms with van der Waals surface area (Å²) in [5.41, 5.74) is 0. The highest BCUT2D eigenvalue weighted by Gasteiger charge is 2.16. The summed E-state index contributed by atoms with van der Waals surface area (Å²) in [4.78, 5) is 0. The zero-order valence-corrected chi connectivity index (χ0v) is 10.6. The molecular formula is C11H22BO4. The summed E-state index contributed by atoms with van der Waals surface area (Å²) in [6.45, 7) is 8.37. The van der Waals surface area contributed by atoms with E-state index in [-0.39, 0.29) is 24.4 Å². The van der Waals surface area contributed by atoms with Gasteiger partial charge in [0.25, 0.3) is 0 Å². The molecule has 0 bridgehead atoms. The van der Waals surface area contributed by atoms with E-state index in [1.165, 1.54) is 7.69 Å². The molecule has 4 nitrogen and oxygen atoms in total. The molecule has 1 aliphatic rings. The molecule has 1 fully saturated rings. The Labute approximate surface area is 98.9 Å². The SMILES string of the molecule is CC1CC(C)OCOC(C)CC(C)O[B]O1. The lowest BCUT2D eigenvalue weighted by Gasteiger charge is -2.23. The van der Waals surface area contributed by atoms with E-state index in [2.05, 4.69) is 0 Å². The van der Waals surface area contributed by atoms with Gasteiger partial charge in [0.15, 0.2) is 0 Å². The highest BCUT2D eigenvalue weighted by Crippen LogP contribution is 2.10. The predicted octanol–water partition coefficient (Wildman–Crippen LogP) is 1.89. The number of hydrogen-bond donors (Lipinski definition) is 0. The lowest BCUT2D eigenvalue weighted by molar-refractivity contribution is -0.124. The van der Waals surface area contributed by atoms with Crippen LogP contribution in [-0.2, 0) is 18.8 Å². The van der Waals surface area contributed by atoms with Crippen molar-refractivity contribution in [1.82, 2.24) is 0 Å². The normalized spacial score (nSPS) is 39.2. The summed E-state index contributed by atoms with van der Waals surface area (Å²) < 4.78 is 21.9. The molecule has 0 aromatic rings. The predicted molar refractivity (Wildman–Crippen MR) is 62.0 cm³/mol. The van der Waals surface area contributed by atoms with E-state index in [0.29, 0.717) is 6.79 Å². The fourth-order valence-corrected chi connectivity index (χ4v) is 1.68. The minimum atomic E-state index is 0.0963. The Morgan fingerprint density at radius 2 is 1.19 bits per heavy atom. The first kappa shape index (κ1) is 14.0. The topological polar surface area (TPSA) is 36.9 Å². The van der Waals surface area contributed by atoms with E-state index < -0.39 is 0 Å². The van der Waals surface area contributed by atoms with Crippen LogP contribution in [0, 0.1) is 0 Å². The quantitative estimate of drug-likeness (QED) is 0.594. The van der Waals surface area contributed by atoms with Crippen molar-refractivity contribution in [3.63, 3.8) is 0 Å². The van der Waals surface area contributed by atoms with Gasteiger partial charge in [0.2, 0.25) is 0 Å². The zero-order valence-electron chi connectivity index (χ0n) is 10.6. The number of ether oxygens (including phenoxy) is 2. The van der Waals surface area contributed by atoms with E-state index in [0.717, 1.165) is 12.8 Å². The first-order valence-corrected chi connectivity index (χ1v) is 5.93. The van der Waals surface area contributed by atoms with Gasteiger partial charge in [0.05, 0.1) is 12.2 Å². The summed E-state index contributed by atoms with van der Waals surface area (Å²) in [5, 5.41) is 0. The number of hydrogen-bond acceptors (Lipinski definition) is 4. The minimum absolute atomic E-state index is 0.0963. The van der Waals surface area contributed by atoms with Crippen molar-refractivity contribution in [3.8, 4) is 0 Å². The van der Waals surface area contributed by atoms with Crippen LogP contribution in [0.2, 0.25) is 0 Å². The van der Waals surface area contributed by atoms with Crippen LogP contribution < -0.4 is 0 Å². The Bertz CT molecular complexity index is 155. The first-order chi connectivity index (χ1) is 7.58. The molecule has 0 amide bonds. The molecular weight excluding hydrogens is 207 g/mol. The molecule has 16 heavy (non-hydrogen) atoms. The third-order valence-corrected chi connectivity index (χ3v) is 2.61. The Morgan fingerprint density at radius 1 is 0.750 bits per heavy atom. The second-order valence-electron chi connectivity index (χ2n) is 4.53. The fourth-order valence-electron chi connectivity index (χ4n) is 1.68. The van der Waals surface area contributed by atoms with Crippen LogP contribution in [-0.4, -0.2) is 38.9 Å². The fraction of sp³-hybridized carbons (Fsp3) is 1.00. The van der Waals surface area contributed by atoms with Crippen molar-refractivity contribution in [1.29, 1.82) is 0 Å². The molecule has 0 aliphatic carbocycles. The van der Waals surface area contributed by atoms with Gasteiger partial charge in [-0.2, -0.15) is 0 Å². The molecule has 5 heteroatoms. The van der Waals surface area contributed by atoms with Crippen LogP contribution in [0.1, 0.15) is 40.5 Å². The third-order valence-electron chi connectivity index (χ3n) is 2.61. The molecule has 0 spiro atoms. The average molecular weight is 229 g/mol. The Balaban J connectivity index is 2.39. The molecule has 0 aromatic carbocycles. The zero-order chi connectivity index (χ0) is 12.0. The molecule has 1 saturated heterocycles. The lowest BCUT2D eigenvalue weighted by atomic mass is 10.1. The van der Waals surface area contributed by atoms with Gasteiger partial charge in [-0.05, 0) is 40.5 Å². The Kier molecular flexibility index (Phi) is 6.35. The number of rotatable bonds is 0. The molecule has 93 valence electrons. The van der Waals surface area contributed by atoms with Crippen molar-refractivity contribution in [2.75, 3.05) is 6.79 Å². The van der Waals surface area contributed by atoms with Gasteiger partial charge in [0, 0.05) is 12.2 Å². The molecule has 0 saturated carbocycles. The van der Waals surface area contributed by atoms with Crippen LogP contribution in [0.4, 0.5) is 0 Å². The van der Waals surface area contributed by atoms with Crippen molar-refractivity contribution in [2.45, 2.75) is 65.0 Å². The highest BCUT2D eigenvalue weighted by atomic mass is 16.7. The lowest BCUT2D eigenvalue weighted by Crippen LogP contribution is -2.28. The van der Waals surface area contributed by atoms with Gasteiger partial charge >= 0.3 is 7.69 Å². The Hall–Kier alpha value is -0.0951. The molecule has 0 aromatic heterocycles. The van der Waals surface area contributed by atoms with E-state index in [4.69, 9.17) is 18.8 Å². The molecule has 1 radical (unpaired) electrons. The molecule has 1 heterocycles. The van der Waals surface area contributed by atoms with Gasteiger partial charge in [-0.25, -0.2) is 0 Å². The van der Waals surface area contributed by atoms with Gasteiger partial charge in [0.1, 0.15) is 6.79 Å². The van der Waals surface area contributed by atoms with Crippen LogP contribution in [0.3, 0.4) is 0 Å². The summed E-state index contributed by atoms with van der Waals surface area (Å²) >= 11 is 0. The average Bonchev–Trinajstić information content (AvgIpc) is 2.15. The summed E-state index contributed by atoms with van der Waals surface area (Å²) in [7, 11) is 1.44. The maximum atomic E-state index is 5.53. The van der Waals surface area contributed by atoms with Gasteiger partial charge in [-0.15, -0.1) is 0 Å². The van der Waals surface area contributed by atoms with Crippen LogP contribution in [0.25, 0.3) is 0 Å². The highest BCUT2D eigenvalue weighted by molar-refractivity contribution is 6.18. The summed E-state index contributed by atoms with van der Waals surface area (Å²) in [5.74, 6) is 0. The standard InChI is InChI=1S/C11H22BO4/c1-8-5-10(3)15-12-16-11(4)6-9(2)14-7-13-8/h8-11H,5-7H2,1-4H3. The van der Waals surface area contributed by atoms with Gasteiger partial charge in [-0.3, -0.25) is 0 Å². The largest absolute Gasteiger partial charge is 0.488 e. The van der Waals surface area contributed by atoms with E-state index in [1.54, 1.807) is 0 Å². The maximum absolute atomic E-state index is 5.53. The monoisotopic (exact) mass is 229 g/mol. The molecule has 4 unspecified atom stereocenters. The van der Waals surface area contributed by atoms with Crippen LogP contribution in [0.5, 0.6) is 0 Å². The van der Waals surface area contributed by atoms with Crippen LogP contribution >= 0.6 is 0 Å². The Morgan fingerprint density at radius 3 is 1.62 bits per heavy atom. The summed E-state index contributed by atoms with van der Waals surface area (Å²) in [6, 6.07) is 0. The van der Waals surface area contributed by atoms with E-state index in [1.807, 2.05) is 27.7 Å². The molecule has 1 aliphatic heterocycles. The first-order valence-electron chi connectivity index (χ1n) is 5.93. The molecule has 4 atom stereocenters. The van der Waals surface area contributed by atoms with Gasteiger partial charge in [-0.1, -0.05) is 0 Å². The molecule has 1 rings (SSSR count). The van der Waals surface area contributed by atoms with Crippen molar-refractivity contribution >= 4 is 7.69 Å². The van der Waals surface area contributed by atoms with Crippen molar-refractivity contribution in [2.24, 2.45) is 0 Å². The second-order valence-corrected chi connectivity index (χ2v) is 4.53. The summed E-state index contributed by atoms with van der Waals surface area (Å²) in [6.07, 6.45) is 2.11. The van der Waals surface area contributed by atoms with Crippen LogP contribution in [0.15, 0.2) is 0 Å². The minimum Gasteiger partial charge on any atom is -0.411 e. The van der Waals surface area contributed by atoms with Gasteiger partial charge < -0.3 is 18.8 Å². The van der Waals surface area contributed by atoms with Crippen molar-refractivity contribution in [3.05, 3.63) is 0 Å². The van der Waals surface area contributed by atoms with E-state index >= 15 is 0 Å². The van der Waals surface area contributed by atoms with Crippen molar-refractivity contribution < 1.29 is 18.8 Å².